The second-order valence-corrected chi connectivity index (χ2v) is 4.25. The van der Waals surface area contributed by atoms with Crippen molar-refractivity contribution in [2.24, 2.45) is 5.92 Å². The lowest BCUT2D eigenvalue weighted by Crippen LogP contribution is -2.46. The minimum Gasteiger partial charge on any atom is -0.466 e. The van der Waals surface area contributed by atoms with Crippen LogP contribution in [0.1, 0.15) is 26.7 Å². The van der Waals surface area contributed by atoms with E-state index < -0.39 is 6.10 Å². The molecule has 1 aliphatic heterocycles. The summed E-state index contributed by atoms with van der Waals surface area (Å²) in [4.78, 5) is 25.2. The summed E-state index contributed by atoms with van der Waals surface area (Å²) in [5.41, 5.74) is 0. The fourth-order valence-corrected chi connectivity index (χ4v) is 1.99. The van der Waals surface area contributed by atoms with E-state index in [0.29, 0.717) is 19.7 Å². The van der Waals surface area contributed by atoms with E-state index in [-0.39, 0.29) is 17.8 Å². The van der Waals surface area contributed by atoms with Gasteiger partial charge in [0.2, 0.25) is 0 Å². The fraction of sp³-hybridized carbons (Fsp3) is 0.833. The van der Waals surface area contributed by atoms with Crippen molar-refractivity contribution in [2.75, 3.05) is 26.8 Å². The third-order valence-electron chi connectivity index (χ3n) is 3.05. The van der Waals surface area contributed by atoms with Gasteiger partial charge in [-0.15, -0.1) is 0 Å². The van der Waals surface area contributed by atoms with Gasteiger partial charge in [0.15, 0.2) is 0 Å². The van der Waals surface area contributed by atoms with Crippen LogP contribution in [0.2, 0.25) is 0 Å². The maximum Gasteiger partial charge on any atom is 0.310 e. The summed E-state index contributed by atoms with van der Waals surface area (Å²) in [6.07, 6.45) is 1.19. The standard InChI is InChI=1S/C12H21NO4/c1-4-17-12(15)10-6-5-7-13(8-10)11(14)9(2)16-3/h9-10H,4-8H2,1-3H3/t9?,10-/m0/s1. The summed E-state index contributed by atoms with van der Waals surface area (Å²) in [6, 6.07) is 0. The fourth-order valence-electron chi connectivity index (χ4n) is 1.99. The number of likely N-dealkylation sites (tertiary alicyclic amines) is 1. The molecule has 0 aromatic heterocycles. The van der Waals surface area contributed by atoms with Crippen LogP contribution in [0.3, 0.4) is 0 Å². The van der Waals surface area contributed by atoms with Crippen molar-refractivity contribution >= 4 is 11.9 Å². The summed E-state index contributed by atoms with van der Waals surface area (Å²) >= 11 is 0. The van der Waals surface area contributed by atoms with Gasteiger partial charge in [0.05, 0.1) is 12.5 Å². The van der Waals surface area contributed by atoms with E-state index in [9.17, 15) is 9.59 Å². The van der Waals surface area contributed by atoms with Crippen molar-refractivity contribution in [3.8, 4) is 0 Å². The van der Waals surface area contributed by atoms with Gasteiger partial charge in [0.1, 0.15) is 6.10 Å². The molecule has 5 nitrogen and oxygen atoms in total. The quantitative estimate of drug-likeness (QED) is 0.686. The minimum absolute atomic E-state index is 0.0542. The summed E-state index contributed by atoms with van der Waals surface area (Å²) in [7, 11) is 1.51. The number of amides is 1. The number of hydrogen-bond donors (Lipinski definition) is 0. The van der Waals surface area contributed by atoms with Gasteiger partial charge in [0.25, 0.3) is 5.91 Å². The molecular weight excluding hydrogens is 222 g/mol. The number of carbonyl (C=O) groups excluding carboxylic acids is 2. The predicted molar refractivity (Wildman–Crippen MR) is 62.4 cm³/mol. The summed E-state index contributed by atoms with van der Waals surface area (Å²) < 4.78 is 9.99. The number of methoxy groups -OCH3 is 1. The molecule has 1 amide bonds. The number of piperidine rings is 1. The van der Waals surface area contributed by atoms with Crippen molar-refractivity contribution < 1.29 is 19.1 Å². The first kappa shape index (κ1) is 14.0. The van der Waals surface area contributed by atoms with E-state index in [2.05, 4.69) is 0 Å². The van der Waals surface area contributed by atoms with Crippen LogP contribution in [0.15, 0.2) is 0 Å². The Balaban J connectivity index is 2.54. The lowest BCUT2D eigenvalue weighted by molar-refractivity contribution is -0.153. The van der Waals surface area contributed by atoms with E-state index in [1.165, 1.54) is 7.11 Å². The smallest absolute Gasteiger partial charge is 0.310 e. The Labute approximate surface area is 102 Å². The van der Waals surface area contributed by atoms with Gasteiger partial charge in [-0.25, -0.2) is 0 Å². The lowest BCUT2D eigenvalue weighted by Gasteiger charge is -2.32. The summed E-state index contributed by atoms with van der Waals surface area (Å²) in [5, 5.41) is 0. The van der Waals surface area contributed by atoms with Crippen molar-refractivity contribution in [1.29, 1.82) is 0 Å². The Bertz CT molecular complexity index is 280. The van der Waals surface area contributed by atoms with Crippen LogP contribution in [-0.4, -0.2) is 49.7 Å². The zero-order valence-corrected chi connectivity index (χ0v) is 10.8. The Morgan fingerprint density at radius 3 is 2.76 bits per heavy atom. The Hall–Kier alpha value is -1.10. The van der Waals surface area contributed by atoms with Crippen LogP contribution in [0.25, 0.3) is 0 Å². The number of hydrogen-bond acceptors (Lipinski definition) is 4. The highest BCUT2D eigenvalue weighted by Crippen LogP contribution is 2.18. The van der Waals surface area contributed by atoms with Crippen LogP contribution < -0.4 is 0 Å². The zero-order valence-electron chi connectivity index (χ0n) is 10.8. The average molecular weight is 243 g/mol. The molecule has 1 unspecified atom stereocenters. The first-order chi connectivity index (χ1) is 8.10. The first-order valence-corrected chi connectivity index (χ1v) is 6.08. The predicted octanol–water partition coefficient (Wildman–Crippen LogP) is 0.823. The zero-order chi connectivity index (χ0) is 12.8. The van der Waals surface area contributed by atoms with Crippen LogP contribution in [-0.2, 0) is 19.1 Å². The van der Waals surface area contributed by atoms with Crippen LogP contribution >= 0.6 is 0 Å². The van der Waals surface area contributed by atoms with E-state index in [1.54, 1.807) is 18.7 Å². The van der Waals surface area contributed by atoms with Crippen LogP contribution in [0.5, 0.6) is 0 Å². The highest BCUT2D eigenvalue weighted by atomic mass is 16.5. The molecule has 1 saturated heterocycles. The van der Waals surface area contributed by atoms with Crippen molar-refractivity contribution in [2.45, 2.75) is 32.8 Å². The normalized spacial score (nSPS) is 22.1. The molecule has 0 aliphatic carbocycles. The first-order valence-electron chi connectivity index (χ1n) is 6.08. The number of nitrogens with zero attached hydrogens (tertiary/aromatic N) is 1. The van der Waals surface area contributed by atoms with E-state index in [0.717, 1.165) is 12.8 Å². The molecule has 0 saturated carbocycles. The van der Waals surface area contributed by atoms with Gasteiger partial charge in [-0.2, -0.15) is 0 Å². The highest BCUT2D eigenvalue weighted by molar-refractivity contribution is 5.81. The molecule has 0 bridgehead atoms. The Morgan fingerprint density at radius 2 is 2.18 bits per heavy atom. The highest BCUT2D eigenvalue weighted by Gasteiger charge is 2.30. The molecule has 2 atom stereocenters. The largest absolute Gasteiger partial charge is 0.466 e. The Morgan fingerprint density at radius 1 is 1.47 bits per heavy atom. The summed E-state index contributed by atoms with van der Waals surface area (Å²) in [5.74, 6) is -0.437. The molecule has 0 radical (unpaired) electrons. The molecular formula is C12H21NO4. The van der Waals surface area contributed by atoms with Crippen molar-refractivity contribution in [3.05, 3.63) is 0 Å². The van der Waals surface area contributed by atoms with Gasteiger partial charge in [-0.1, -0.05) is 0 Å². The summed E-state index contributed by atoms with van der Waals surface area (Å²) in [6.45, 7) is 5.04. The van der Waals surface area contributed by atoms with Gasteiger partial charge >= 0.3 is 5.97 Å². The second-order valence-electron chi connectivity index (χ2n) is 4.25. The third kappa shape index (κ3) is 3.70. The molecule has 1 rings (SSSR count). The molecule has 0 aromatic rings. The van der Waals surface area contributed by atoms with Crippen molar-refractivity contribution in [3.63, 3.8) is 0 Å². The van der Waals surface area contributed by atoms with Crippen LogP contribution in [0.4, 0.5) is 0 Å². The van der Waals surface area contributed by atoms with Crippen LogP contribution in [0, 0.1) is 5.92 Å². The molecule has 0 N–H and O–H groups in total. The van der Waals surface area contributed by atoms with E-state index >= 15 is 0 Å². The number of rotatable bonds is 4. The van der Waals surface area contributed by atoms with Gasteiger partial charge in [-0.05, 0) is 26.7 Å². The number of carbonyl (C=O) groups is 2. The molecule has 17 heavy (non-hydrogen) atoms. The molecule has 1 fully saturated rings. The molecule has 98 valence electrons. The molecule has 5 heteroatoms. The maximum atomic E-state index is 11.9. The number of esters is 1. The molecule has 0 spiro atoms. The van der Waals surface area contributed by atoms with Crippen molar-refractivity contribution in [1.82, 2.24) is 4.90 Å². The van der Waals surface area contributed by atoms with E-state index in [4.69, 9.17) is 9.47 Å². The molecule has 0 aromatic carbocycles. The van der Waals surface area contributed by atoms with Gasteiger partial charge < -0.3 is 14.4 Å². The average Bonchev–Trinajstić information content (AvgIpc) is 2.37. The maximum absolute atomic E-state index is 11.9. The third-order valence-corrected chi connectivity index (χ3v) is 3.05. The topological polar surface area (TPSA) is 55.8 Å². The number of ether oxygens (including phenoxy) is 2. The molecule has 1 aliphatic rings. The lowest BCUT2D eigenvalue weighted by atomic mass is 9.98. The van der Waals surface area contributed by atoms with E-state index in [1.807, 2.05) is 0 Å². The second kappa shape index (κ2) is 6.59. The Kier molecular flexibility index (Phi) is 5.41. The SMILES string of the molecule is CCOC(=O)[C@H]1CCCN(C(=O)C(C)OC)C1. The molecule has 1 heterocycles. The van der Waals surface area contributed by atoms with Gasteiger partial charge in [0, 0.05) is 20.2 Å². The van der Waals surface area contributed by atoms with Gasteiger partial charge in [-0.3, -0.25) is 9.59 Å². The minimum atomic E-state index is -0.448. The monoisotopic (exact) mass is 243 g/mol.